The lowest BCUT2D eigenvalue weighted by Gasteiger charge is -2.06. The lowest BCUT2D eigenvalue weighted by Crippen LogP contribution is -2.11. The number of thiazole rings is 1. The summed E-state index contributed by atoms with van der Waals surface area (Å²) in [5, 5.41) is 4.21. The Morgan fingerprint density at radius 3 is 2.95 bits per heavy atom. The standard InChI is InChI=1S/C14H20N2O2S/c1-10(2)9-18-7-6-15-14-16-12-5-4-11(17-3)8-13(12)19-14/h4-5,8,10H,6-7,9H2,1-3H3,(H,15,16). The van der Waals surface area contributed by atoms with Crippen LogP contribution in [0, 0.1) is 5.92 Å². The van der Waals surface area contributed by atoms with Gasteiger partial charge in [-0.3, -0.25) is 0 Å². The van der Waals surface area contributed by atoms with Gasteiger partial charge in [-0.2, -0.15) is 0 Å². The molecule has 1 aromatic carbocycles. The summed E-state index contributed by atoms with van der Waals surface area (Å²) in [4.78, 5) is 4.52. The van der Waals surface area contributed by atoms with Gasteiger partial charge in [-0.15, -0.1) is 0 Å². The molecule has 0 atom stereocenters. The van der Waals surface area contributed by atoms with Gasteiger partial charge in [0.25, 0.3) is 0 Å². The van der Waals surface area contributed by atoms with E-state index in [0.29, 0.717) is 12.5 Å². The third-order valence-corrected chi connectivity index (χ3v) is 3.55. The molecule has 2 rings (SSSR count). The average molecular weight is 280 g/mol. The molecular formula is C14H20N2O2S. The van der Waals surface area contributed by atoms with Crippen molar-refractivity contribution in [1.82, 2.24) is 4.98 Å². The molecule has 0 fully saturated rings. The molecule has 0 amide bonds. The lowest BCUT2D eigenvalue weighted by atomic mass is 10.2. The summed E-state index contributed by atoms with van der Waals surface area (Å²) in [6.07, 6.45) is 0. The second-order valence-electron chi connectivity index (χ2n) is 4.75. The van der Waals surface area contributed by atoms with Crippen molar-refractivity contribution in [2.75, 3.05) is 32.2 Å². The van der Waals surface area contributed by atoms with Crippen molar-refractivity contribution < 1.29 is 9.47 Å². The Morgan fingerprint density at radius 2 is 2.21 bits per heavy atom. The van der Waals surface area contributed by atoms with Crippen molar-refractivity contribution in [2.24, 2.45) is 5.92 Å². The third kappa shape index (κ3) is 4.08. The molecule has 104 valence electrons. The Bertz CT molecular complexity index is 525. The predicted octanol–water partition coefficient (Wildman–Crippen LogP) is 3.39. The molecule has 2 aromatic rings. The molecule has 0 aliphatic rings. The van der Waals surface area contributed by atoms with Gasteiger partial charge in [0.1, 0.15) is 5.75 Å². The molecule has 1 aromatic heterocycles. The van der Waals surface area contributed by atoms with Crippen LogP contribution in [-0.2, 0) is 4.74 Å². The molecule has 0 saturated carbocycles. The molecule has 19 heavy (non-hydrogen) atoms. The Labute approximate surface area is 117 Å². The highest BCUT2D eigenvalue weighted by molar-refractivity contribution is 7.22. The van der Waals surface area contributed by atoms with E-state index in [-0.39, 0.29) is 0 Å². The van der Waals surface area contributed by atoms with Gasteiger partial charge in [0, 0.05) is 13.2 Å². The maximum absolute atomic E-state index is 5.52. The summed E-state index contributed by atoms with van der Waals surface area (Å²) < 4.78 is 11.9. The zero-order chi connectivity index (χ0) is 13.7. The first-order chi connectivity index (χ1) is 9.19. The van der Waals surface area contributed by atoms with Crippen LogP contribution in [0.4, 0.5) is 5.13 Å². The van der Waals surface area contributed by atoms with Crippen LogP contribution in [0.15, 0.2) is 18.2 Å². The molecular weight excluding hydrogens is 260 g/mol. The normalized spacial score (nSPS) is 11.2. The number of fused-ring (bicyclic) bond motifs is 1. The molecule has 0 aliphatic carbocycles. The van der Waals surface area contributed by atoms with E-state index < -0.39 is 0 Å². The third-order valence-electron chi connectivity index (χ3n) is 2.57. The predicted molar refractivity (Wildman–Crippen MR) is 80.3 cm³/mol. The van der Waals surface area contributed by atoms with Crippen LogP contribution in [0.2, 0.25) is 0 Å². The number of hydrogen-bond donors (Lipinski definition) is 1. The van der Waals surface area contributed by atoms with Crippen molar-refractivity contribution in [2.45, 2.75) is 13.8 Å². The minimum Gasteiger partial charge on any atom is -0.497 e. The molecule has 4 nitrogen and oxygen atoms in total. The van der Waals surface area contributed by atoms with E-state index in [4.69, 9.17) is 9.47 Å². The SMILES string of the molecule is COc1ccc2nc(NCCOCC(C)C)sc2c1. The van der Waals surface area contributed by atoms with E-state index in [1.54, 1.807) is 18.4 Å². The van der Waals surface area contributed by atoms with E-state index in [9.17, 15) is 0 Å². The lowest BCUT2D eigenvalue weighted by molar-refractivity contribution is 0.118. The maximum Gasteiger partial charge on any atom is 0.183 e. The number of anilines is 1. The van der Waals surface area contributed by atoms with Crippen LogP contribution >= 0.6 is 11.3 Å². The van der Waals surface area contributed by atoms with E-state index in [1.165, 1.54) is 0 Å². The van der Waals surface area contributed by atoms with Crippen molar-refractivity contribution in [1.29, 1.82) is 0 Å². The quantitative estimate of drug-likeness (QED) is 0.790. The van der Waals surface area contributed by atoms with E-state index in [0.717, 1.165) is 34.2 Å². The highest BCUT2D eigenvalue weighted by Gasteiger charge is 2.04. The zero-order valence-electron chi connectivity index (χ0n) is 11.6. The Balaban J connectivity index is 1.87. The van der Waals surface area contributed by atoms with Gasteiger partial charge in [0.2, 0.25) is 0 Å². The van der Waals surface area contributed by atoms with Gasteiger partial charge in [-0.05, 0) is 24.1 Å². The van der Waals surface area contributed by atoms with Gasteiger partial charge >= 0.3 is 0 Å². The van der Waals surface area contributed by atoms with Crippen LogP contribution in [0.1, 0.15) is 13.8 Å². The highest BCUT2D eigenvalue weighted by atomic mass is 32.1. The minimum absolute atomic E-state index is 0.579. The molecule has 0 bridgehead atoms. The molecule has 0 radical (unpaired) electrons. The number of methoxy groups -OCH3 is 1. The number of nitrogens with zero attached hydrogens (tertiary/aromatic N) is 1. The fraction of sp³-hybridized carbons (Fsp3) is 0.500. The fourth-order valence-electron chi connectivity index (χ4n) is 1.66. The Kier molecular flexibility index (Phi) is 4.99. The molecule has 1 N–H and O–H groups in total. The van der Waals surface area contributed by atoms with Gasteiger partial charge in [-0.1, -0.05) is 25.2 Å². The first kappa shape index (κ1) is 14.1. The van der Waals surface area contributed by atoms with Crippen LogP contribution < -0.4 is 10.1 Å². The van der Waals surface area contributed by atoms with E-state index >= 15 is 0 Å². The van der Waals surface area contributed by atoms with Crippen molar-refractivity contribution in [3.8, 4) is 5.75 Å². The van der Waals surface area contributed by atoms with Crippen LogP contribution in [0.5, 0.6) is 5.75 Å². The maximum atomic E-state index is 5.52. The number of ether oxygens (including phenoxy) is 2. The number of hydrogen-bond acceptors (Lipinski definition) is 5. The first-order valence-electron chi connectivity index (χ1n) is 6.45. The van der Waals surface area contributed by atoms with Crippen LogP contribution in [0.25, 0.3) is 10.2 Å². The molecule has 0 spiro atoms. The smallest absolute Gasteiger partial charge is 0.183 e. The number of aromatic nitrogens is 1. The molecule has 0 aliphatic heterocycles. The van der Waals surface area contributed by atoms with Crippen molar-refractivity contribution in [3.05, 3.63) is 18.2 Å². The summed E-state index contributed by atoms with van der Waals surface area (Å²) in [7, 11) is 1.67. The largest absolute Gasteiger partial charge is 0.497 e. The summed E-state index contributed by atoms with van der Waals surface area (Å²) in [6, 6.07) is 5.91. The number of benzene rings is 1. The second-order valence-corrected chi connectivity index (χ2v) is 5.78. The number of nitrogens with one attached hydrogen (secondary N) is 1. The fourth-order valence-corrected chi connectivity index (χ4v) is 2.58. The zero-order valence-corrected chi connectivity index (χ0v) is 12.4. The Morgan fingerprint density at radius 1 is 1.37 bits per heavy atom. The summed E-state index contributed by atoms with van der Waals surface area (Å²) in [5.74, 6) is 1.44. The molecule has 1 heterocycles. The molecule has 0 saturated heterocycles. The van der Waals surface area contributed by atoms with Crippen LogP contribution in [0.3, 0.4) is 0 Å². The monoisotopic (exact) mass is 280 g/mol. The number of rotatable bonds is 7. The van der Waals surface area contributed by atoms with Gasteiger partial charge in [0.15, 0.2) is 5.13 Å². The van der Waals surface area contributed by atoms with E-state index in [2.05, 4.69) is 24.1 Å². The van der Waals surface area contributed by atoms with Gasteiger partial charge < -0.3 is 14.8 Å². The molecule has 0 unspecified atom stereocenters. The van der Waals surface area contributed by atoms with Crippen LogP contribution in [-0.4, -0.2) is 31.9 Å². The molecule has 5 heteroatoms. The summed E-state index contributed by atoms with van der Waals surface area (Å²) in [6.45, 7) is 6.59. The highest BCUT2D eigenvalue weighted by Crippen LogP contribution is 2.28. The van der Waals surface area contributed by atoms with Gasteiger partial charge in [-0.25, -0.2) is 4.98 Å². The summed E-state index contributed by atoms with van der Waals surface area (Å²) >= 11 is 1.63. The summed E-state index contributed by atoms with van der Waals surface area (Å²) in [5.41, 5.74) is 0.997. The van der Waals surface area contributed by atoms with Gasteiger partial charge in [0.05, 0.1) is 23.9 Å². The topological polar surface area (TPSA) is 43.4 Å². The minimum atomic E-state index is 0.579. The van der Waals surface area contributed by atoms with Crippen molar-refractivity contribution in [3.63, 3.8) is 0 Å². The second kappa shape index (κ2) is 6.73. The van der Waals surface area contributed by atoms with E-state index in [1.807, 2.05) is 18.2 Å². The van der Waals surface area contributed by atoms with Crippen molar-refractivity contribution >= 4 is 26.7 Å². The first-order valence-corrected chi connectivity index (χ1v) is 7.27. The average Bonchev–Trinajstić information content (AvgIpc) is 2.79. The Hall–Kier alpha value is -1.33.